The smallest absolute Gasteiger partial charge is 0.0718 e. The van der Waals surface area contributed by atoms with Gasteiger partial charge in [0.2, 0.25) is 0 Å². The summed E-state index contributed by atoms with van der Waals surface area (Å²) in [7, 11) is 3.95. The Labute approximate surface area is 81.9 Å². The number of terminal acetylenes is 1. The van der Waals surface area contributed by atoms with Crippen molar-refractivity contribution in [1.82, 2.24) is 4.90 Å². The van der Waals surface area contributed by atoms with Crippen LogP contribution in [0.1, 0.15) is 33.1 Å². The number of unbranched alkanes of at least 4 members (excludes halogenated alkanes) is 1. The van der Waals surface area contributed by atoms with Crippen LogP contribution < -0.4 is 0 Å². The summed E-state index contributed by atoms with van der Waals surface area (Å²) in [4.78, 5) is 2.04. The van der Waals surface area contributed by atoms with Crippen LogP contribution in [0.15, 0.2) is 0 Å². The number of likely N-dealkylation sites (N-methyl/N-ethyl adjacent to an activating group) is 1. The first-order valence-electron chi connectivity index (χ1n) is 4.72. The SMILES string of the molecule is C#CCCCC(O)C(C)(C)N(C)C. The number of rotatable bonds is 5. The van der Waals surface area contributed by atoms with Crippen molar-refractivity contribution in [2.75, 3.05) is 14.1 Å². The van der Waals surface area contributed by atoms with E-state index in [0.717, 1.165) is 19.3 Å². The van der Waals surface area contributed by atoms with E-state index in [-0.39, 0.29) is 11.6 Å². The fraction of sp³-hybridized carbons (Fsp3) is 0.818. The third-order valence-corrected chi connectivity index (χ3v) is 2.77. The molecule has 0 rings (SSSR count). The maximum absolute atomic E-state index is 9.86. The van der Waals surface area contributed by atoms with Crippen LogP contribution in [0.5, 0.6) is 0 Å². The summed E-state index contributed by atoms with van der Waals surface area (Å²) in [5.41, 5.74) is -0.172. The highest BCUT2D eigenvalue weighted by molar-refractivity contribution is 4.88. The quantitative estimate of drug-likeness (QED) is 0.515. The molecule has 0 aliphatic carbocycles. The first-order chi connectivity index (χ1) is 5.92. The van der Waals surface area contributed by atoms with Gasteiger partial charge in [-0.2, -0.15) is 0 Å². The van der Waals surface area contributed by atoms with Crippen molar-refractivity contribution in [2.24, 2.45) is 0 Å². The summed E-state index contributed by atoms with van der Waals surface area (Å²) in [6, 6.07) is 0. The van der Waals surface area contributed by atoms with Crippen molar-refractivity contribution < 1.29 is 5.11 Å². The van der Waals surface area contributed by atoms with E-state index in [9.17, 15) is 5.11 Å². The lowest BCUT2D eigenvalue weighted by molar-refractivity contribution is 0.0116. The fourth-order valence-electron chi connectivity index (χ4n) is 1.05. The highest BCUT2D eigenvalue weighted by atomic mass is 16.3. The van der Waals surface area contributed by atoms with E-state index in [1.165, 1.54) is 0 Å². The highest BCUT2D eigenvalue weighted by Crippen LogP contribution is 2.19. The summed E-state index contributed by atoms with van der Waals surface area (Å²) in [5, 5.41) is 9.86. The van der Waals surface area contributed by atoms with E-state index in [4.69, 9.17) is 6.42 Å². The zero-order valence-electron chi connectivity index (χ0n) is 9.17. The third-order valence-electron chi connectivity index (χ3n) is 2.77. The van der Waals surface area contributed by atoms with E-state index in [2.05, 4.69) is 5.92 Å². The molecule has 0 aromatic rings. The number of aliphatic hydroxyl groups excluding tert-OH is 1. The monoisotopic (exact) mass is 183 g/mol. The molecule has 0 aromatic heterocycles. The van der Waals surface area contributed by atoms with E-state index < -0.39 is 0 Å². The van der Waals surface area contributed by atoms with Gasteiger partial charge in [0.15, 0.2) is 0 Å². The first-order valence-corrected chi connectivity index (χ1v) is 4.72. The average molecular weight is 183 g/mol. The molecule has 0 saturated carbocycles. The van der Waals surface area contributed by atoms with Gasteiger partial charge in [0.05, 0.1) is 6.10 Å². The standard InChI is InChI=1S/C11H21NO/c1-6-7-8-9-10(13)11(2,3)12(4)5/h1,10,13H,7-9H2,2-5H3. The van der Waals surface area contributed by atoms with Crippen LogP contribution in [0.4, 0.5) is 0 Å². The van der Waals surface area contributed by atoms with Crippen LogP contribution in [0, 0.1) is 12.3 Å². The second kappa shape index (κ2) is 5.26. The topological polar surface area (TPSA) is 23.5 Å². The van der Waals surface area contributed by atoms with Crippen molar-refractivity contribution in [3.8, 4) is 12.3 Å². The molecule has 0 aromatic carbocycles. The first kappa shape index (κ1) is 12.5. The van der Waals surface area contributed by atoms with Gasteiger partial charge in [0.1, 0.15) is 0 Å². The van der Waals surface area contributed by atoms with Gasteiger partial charge in [-0.3, -0.25) is 0 Å². The Hall–Kier alpha value is -0.520. The molecule has 1 N–H and O–H groups in total. The van der Waals surface area contributed by atoms with Crippen LogP contribution in [-0.2, 0) is 0 Å². The van der Waals surface area contributed by atoms with Crippen molar-refractivity contribution in [3.05, 3.63) is 0 Å². The van der Waals surface area contributed by atoms with E-state index >= 15 is 0 Å². The summed E-state index contributed by atoms with van der Waals surface area (Å²) < 4.78 is 0. The summed E-state index contributed by atoms with van der Waals surface area (Å²) in [5.74, 6) is 2.58. The lowest BCUT2D eigenvalue weighted by atomic mass is 9.92. The zero-order valence-corrected chi connectivity index (χ0v) is 9.17. The van der Waals surface area contributed by atoms with Gasteiger partial charge in [-0.05, 0) is 40.8 Å². The Balaban J connectivity index is 3.95. The minimum Gasteiger partial charge on any atom is -0.391 e. The van der Waals surface area contributed by atoms with Gasteiger partial charge in [-0.1, -0.05) is 0 Å². The number of hydrogen-bond donors (Lipinski definition) is 1. The van der Waals surface area contributed by atoms with Gasteiger partial charge < -0.3 is 10.0 Å². The van der Waals surface area contributed by atoms with Crippen LogP contribution in [0.25, 0.3) is 0 Å². The summed E-state index contributed by atoms with van der Waals surface area (Å²) >= 11 is 0. The Morgan fingerprint density at radius 3 is 2.38 bits per heavy atom. The fourth-order valence-corrected chi connectivity index (χ4v) is 1.05. The molecule has 0 bridgehead atoms. The lowest BCUT2D eigenvalue weighted by Crippen LogP contribution is -2.48. The summed E-state index contributed by atoms with van der Waals surface area (Å²) in [6.45, 7) is 4.07. The lowest BCUT2D eigenvalue weighted by Gasteiger charge is -2.37. The second-order valence-corrected chi connectivity index (χ2v) is 4.16. The molecule has 1 atom stereocenters. The van der Waals surface area contributed by atoms with E-state index in [1.807, 2.05) is 32.8 Å². The molecule has 2 heteroatoms. The van der Waals surface area contributed by atoms with Crippen molar-refractivity contribution in [2.45, 2.75) is 44.8 Å². The molecular formula is C11H21NO. The molecule has 0 heterocycles. The Morgan fingerprint density at radius 1 is 1.46 bits per heavy atom. The molecule has 0 aliphatic rings. The number of nitrogens with zero attached hydrogens (tertiary/aromatic N) is 1. The molecule has 0 fully saturated rings. The number of hydrogen-bond acceptors (Lipinski definition) is 2. The van der Waals surface area contributed by atoms with Crippen molar-refractivity contribution >= 4 is 0 Å². The Morgan fingerprint density at radius 2 is 2.00 bits per heavy atom. The molecule has 0 aliphatic heterocycles. The molecule has 13 heavy (non-hydrogen) atoms. The van der Waals surface area contributed by atoms with E-state index in [1.54, 1.807) is 0 Å². The Kier molecular flexibility index (Phi) is 5.05. The second-order valence-electron chi connectivity index (χ2n) is 4.16. The van der Waals surface area contributed by atoms with Crippen molar-refractivity contribution in [1.29, 1.82) is 0 Å². The summed E-state index contributed by atoms with van der Waals surface area (Å²) in [6.07, 6.45) is 7.25. The van der Waals surface area contributed by atoms with Crippen LogP contribution in [-0.4, -0.2) is 35.7 Å². The van der Waals surface area contributed by atoms with Gasteiger partial charge in [-0.25, -0.2) is 0 Å². The largest absolute Gasteiger partial charge is 0.391 e. The third kappa shape index (κ3) is 3.80. The van der Waals surface area contributed by atoms with Gasteiger partial charge >= 0.3 is 0 Å². The molecule has 0 radical (unpaired) electrons. The van der Waals surface area contributed by atoms with Gasteiger partial charge in [0.25, 0.3) is 0 Å². The normalized spacial score (nSPS) is 14.2. The Bertz CT molecular complexity index is 179. The van der Waals surface area contributed by atoms with Crippen molar-refractivity contribution in [3.63, 3.8) is 0 Å². The zero-order chi connectivity index (χ0) is 10.5. The molecular weight excluding hydrogens is 162 g/mol. The van der Waals surface area contributed by atoms with Gasteiger partial charge in [0, 0.05) is 12.0 Å². The van der Waals surface area contributed by atoms with Crippen LogP contribution in [0.3, 0.4) is 0 Å². The molecule has 2 nitrogen and oxygen atoms in total. The maximum Gasteiger partial charge on any atom is 0.0718 e. The predicted molar refractivity (Wildman–Crippen MR) is 56.5 cm³/mol. The minimum atomic E-state index is -0.309. The molecule has 1 unspecified atom stereocenters. The van der Waals surface area contributed by atoms with Crippen LogP contribution in [0.2, 0.25) is 0 Å². The van der Waals surface area contributed by atoms with Gasteiger partial charge in [-0.15, -0.1) is 12.3 Å². The molecule has 0 spiro atoms. The molecule has 0 amide bonds. The highest BCUT2D eigenvalue weighted by Gasteiger charge is 2.29. The van der Waals surface area contributed by atoms with Crippen LogP contribution >= 0.6 is 0 Å². The maximum atomic E-state index is 9.86. The average Bonchev–Trinajstić information content (AvgIpc) is 2.04. The molecule has 76 valence electrons. The predicted octanol–water partition coefficient (Wildman–Crippen LogP) is 1.49. The molecule has 0 saturated heterocycles. The minimum absolute atomic E-state index is 0.172. The number of aliphatic hydroxyl groups is 1. The van der Waals surface area contributed by atoms with E-state index in [0.29, 0.717) is 0 Å².